The Labute approximate surface area is 101 Å². The summed E-state index contributed by atoms with van der Waals surface area (Å²) >= 11 is 0. The molecular formula is C16H25. The van der Waals surface area contributed by atoms with Gasteiger partial charge in [0.2, 0.25) is 0 Å². The van der Waals surface area contributed by atoms with Crippen LogP contribution in [0.25, 0.3) is 0 Å². The highest BCUT2D eigenvalue weighted by Crippen LogP contribution is 2.33. The molecule has 0 aliphatic rings. The summed E-state index contributed by atoms with van der Waals surface area (Å²) in [5, 5.41) is 0. The zero-order valence-electron chi connectivity index (χ0n) is 11.6. The molecule has 0 nitrogen and oxygen atoms in total. The van der Waals surface area contributed by atoms with Crippen molar-refractivity contribution in [3.63, 3.8) is 0 Å². The van der Waals surface area contributed by atoms with Gasteiger partial charge >= 0.3 is 0 Å². The van der Waals surface area contributed by atoms with E-state index in [0.717, 1.165) is 6.42 Å². The van der Waals surface area contributed by atoms with E-state index in [9.17, 15) is 0 Å². The third kappa shape index (κ3) is 2.66. The van der Waals surface area contributed by atoms with Gasteiger partial charge in [0, 0.05) is 0 Å². The first-order valence-electron chi connectivity index (χ1n) is 6.10. The lowest BCUT2D eigenvalue weighted by atomic mass is 9.75. The minimum Gasteiger partial charge on any atom is -0.0617 e. The second kappa shape index (κ2) is 4.24. The molecule has 0 N–H and O–H groups in total. The van der Waals surface area contributed by atoms with Gasteiger partial charge in [-0.05, 0) is 40.9 Å². The summed E-state index contributed by atoms with van der Waals surface area (Å²) in [6.45, 7) is 17.7. The monoisotopic (exact) mass is 217 g/mol. The molecule has 0 atom stereocenters. The maximum atomic E-state index is 4.10. The molecule has 1 aromatic carbocycles. The van der Waals surface area contributed by atoms with E-state index < -0.39 is 0 Å². The van der Waals surface area contributed by atoms with Gasteiger partial charge in [0.25, 0.3) is 0 Å². The van der Waals surface area contributed by atoms with Crippen molar-refractivity contribution in [2.45, 2.75) is 58.8 Å². The first-order chi connectivity index (χ1) is 7.18. The van der Waals surface area contributed by atoms with Crippen LogP contribution in [0.1, 0.15) is 58.2 Å². The molecule has 0 unspecified atom stereocenters. The smallest absolute Gasteiger partial charge is 0.0129 e. The molecule has 0 heterocycles. The average molecular weight is 217 g/mol. The second-order valence-electron chi connectivity index (χ2n) is 6.58. The van der Waals surface area contributed by atoms with Crippen LogP contribution in [0, 0.1) is 6.92 Å². The van der Waals surface area contributed by atoms with Crippen molar-refractivity contribution in [3.8, 4) is 0 Å². The molecule has 1 rings (SSSR count). The Morgan fingerprint density at radius 2 is 1.25 bits per heavy atom. The summed E-state index contributed by atoms with van der Waals surface area (Å²) < 4.78 is 0. The molecule has 1 radical (unpaired) electrons. The van der Waals surface area contributed by atoms with Gasteiger partial charge in [-0.1, -0.05) is 59.7 Å². The maximum absolute atomic E-state index is 4.10. The van der Waals surface area contributed by atoms with Gasteiger partial charge in [-0.2, -0.15) is 0 Å². The molecule has 89 valence electrons. The lowest BCUT2D eigenvalue weighted by Gasteiger charge is -2.29. The number of hydrogen-bond donors (Lipinski definition) is 0. The van der Waals surface area contributed by atoms with Crippen LogP contribution in [0.4, 0.5) is 0 Å². The SMILES string of the molecule is [CH2]Cc1c(C(C)(C)C)cccc1C(C)(C)C. The molecule has 0 fully saturated rings. The van der Waals surface area contributed by atoms with Gasteiger partial charge in [0.15, 0.2) is 0 Å². The Morgan fingerprint density at radius 1 is 0.875 bits per heavy atom. The van der Waals surface area contributed by atoms with Crippen LogP contribution < -0.4 is 0 Å². The summed E-state index contributed by atoms with van der Waals surface area (Å²) in [7, 11) is 0. The van der Waals surface area contributed by atoms with Gasteiger partial charge in [-0.25, -0.2) is 0 Å². The Balaban J connectivity index is 3.45. The highest BCUT2D eigenvalue weighted by Gasteiger charge is 2.23. The van der Waals surface area contributed by atoms with Crippen molar-refractivity contribution in [2.24, 2.45) is 0 Å². The van der Waals surface area contributed by atoms with Crippen LogP contribution >= 0.6 is 0 Å². The van der Waals surface area contributed by atoms with Crippen molar-refractivity contribution in [1.29, 1.82) is 0 Å². The standard InChI is InChI=1S/C16H25/c1-8-12-13(15(2,3)4)10-9-11-14(12)16(5,6)7/h9-11H,1,8H2,2-7H3. The molecule has 0 aromatic heterocycles. The number of benzene rings is 1. The van der Waals surface area contributed by atoms with Crippen molar-refractivity contribution >= 4 is 0 Å². The topological polar surface area (TPSA) is 0 Å². The molecule has 0 bridgehead atoms. The fourth-order valence-electron chi connectivity index (χ4n) is 2.26. The van der Waals surface area contributed by atoms with E-state index in [1.807, 2.05) is 0 Å². The lowest BCUT2D eigenvalue weighted by molar-refractivity contribution is 0.558. The highest BCUT2D eigenvalue weighted by molar-refractivity contribution is 5.42. The van der Waals surface area contributed by atoms with E-state index in [0.29, 0.717) is 0 Å². The molecule has 0 aliphatic heterocycles. The average Bonchev–Trinajstić information content (AvgIpc) is 2.13. The van der Waals surface area contributed by atoms with Gasteiger partial charge in [0.05, 0.1) is 0 Å². The van der Waals surface area contributed by atoms with Crippen molar-refractivity contribution in [3.05, 3.63) is 41.8 Å². The summed E-state index contributed by atoms with van der Waals surface area (Å²) in [5.74, 6) is 0. The number of rotatable bonds is 1. The lowest BCUT2D eigenvalue weighted by Crippen LogP contribution is -2.20. The summed E-state index contributed by atoms with van der Waals surface area (Å²) in [6.07, 6.45) is 0.875. The maximum Gasteiger partial charge on any atom is -0.0129 e. The molecule has 1 aromatic rings. The third-order valence-electron chi connectivity index (χ3n) is 3.04. The summed E-state index contributed by atoms with van der Waals surface area (Å²) in [5.41, 5.74) is 4.72. The van der Waals surface area contributed by atoms with Gasteiger partial charge in [0.1, 0.15) is 0 Å². The quantitative estimate of drug-likeness (QED) is 0.642. The van der Waals surface area contributed by atoms with Gasteiger partial charge in [-0.15, -0.1) is 0 Å². The normalized spacial score (nSPS) is 12.9. The van der Waals surface area contributed by atoms with Crippen LogP contribution in [0.2, 0.25) is 0 Å². The van der Waals surface area contributed by atoms with E-state index in [2.05, 4.69) is 66.7 Å². The van der Waals surface area contributed by atoms with Crippen LogP contribution in [0.15, 0.2) is 18.2 Å². The number of hydrogen-bond acceptors (Lipinski definition) is 0. The van der Waals surface area contributed by atoms with Crippen LogP contribution in [0.3, 0.4) is 0 Å². The predicted molar refractivity (Wildman–Crippen MR) is 72.9 cm³/mol. The fraction of sp³-hybridized carbons (Fsp3) is 0.562. The van der Waals surface area contributed by atoms with Crippen molar-refractivity contribution in [1.82, 2.24) is 0 Å². The zero-order chi connectivity index (χ0) is 12.6. The van der Waals surface area contributed by atoms with Crippen molar-refractivity contribution < 1.29 is 0 Å². The Morgan fingerprint density at radius 3 is 1.50 bits per heavy atom. The minimum atomic E-state index is 0.203. The fourth-order valence-corrected chi connectivity index (χ4v) is 2.26. The zero-order valence-corrected chi connectivity index (χ0v) is 11.6. The molecule has 0 aliphatic carbocycles. The Bertz CT molecular complexity index is 326. The first-order valence-corrected chi connectivity index (χ1v) is 6.10. The molecule has 0 amide bonds. The van der Waals surface area contributed by atoms with E-state index >= 15 is 0 Å². The molecule has 0 spiro atoms. The van der Waals surface area contributed by atoms with E-state index in [1.165, 1.54) is 16.7 Å². The molecule has 16 heavy (non-hydrogen) atoms. The van der Waals surface area contributed by atoms with Gasteiger partial charge in [-0.3, -0.25) is 0 Å². The second-order valence-corrected chi connectivity index (χ2v) is 6.58. The molecular weight excluding hydrogens is 192 g/mol. The van der Waals surface area contributed by atoms with E-state index in [-0.39, 0.29) is 10.8 Å². The Kier molecular flexibility index (Phi) is 3.52. The third-order valence-corrected chi connectivity index (χ3v) is 3.04. The van der Waals surface area contributed by atoms with Crippen LogP contribution in [0.5, 0.6) is 0 Å². The summed E-state index contributed by atoms with van der Waals surface area (Å²) in [4.78, 5) is 0. The largest absolute Gasteiger partial charge is 0.0617 e. The van der Waals surface area contributed by atoms with Crippen LogP contribution in [-0.2, 0) is 17.3 Å². The van der Waals surface area contributed by atoms with Gasteiger partial charge < -0.3 is 0 Å². The van der Waals surface area contributed by atoms with Crippen LogP contribution in [-0.4, -0.2) is 0 Å². The summed E-state index contributed by atoms with van der Waals surface area (Å²) in [6, 6.07) is 6.67. The first kappa shape index (κ1) is 13.3. The van der Waals surface area contributed by atoms with Crippen molar-refractivity contribution in [2.75, 3.05) is 0 Å². The molecule has 0 saturated heterocycles. The molecule has 0 saturated carbocycles. The van der Waals surface area contributed by atoms with E-state index in [4.69, 9.17) is 0 Å². The minimum absolute atomic E-state index is 0.203. The predicted octanol–water partition coefficient (Wildman–Crippen LogP) is 4.66. The highest BCUT2D eigenvalue weighted by atomic mass is 14.3. The Hall–Kier alpha value is -0.780. The molecule has 0 heteroatoms. The van der Waals surface area contributed by atoms with E-state index in [1.54, 1.807) is 0 Å².